The fourth-order valence-electron chi connectivity index (χ4n) is 0.587. The summed E-state index contributed by atoms with van der Waals surface area (Å²) in [6.07, 6.45) is 1.14. The molecular formula is C6H4Cl2N2O2. The normalized spacial score (nSPS) is 9.58. The SMILES string of the molecule is COC(=O)c1ncnc(Cl)c1Cl. The molecule has 0 aromatic carbocycles. The van der Waals surface area contributed by atoms with Crippen LogP contribution >= 0.6 is 23.2 Å². The van der Waals surface area contributed by atoms with Gasteiger partial charge in [0.1, 0.15) is 11.3 Å². The van der Waals surface area contributed by atoms with E-state index in [1.54, 1.807) is 0 Å². The van der Waals surface area contributed by atoms with E-state index in [2.05, 4.69) is 14.7 Å². The van der Waals surface area contributed by atoms with Crippen LogP contribution in [0.25, 0.3) is 0 Å². The van der Waals surface area contributed by atoms with Crippen LogP contribution in [0.2, 0.25) is 10.2 Å². The largest absolute Gasteiger partial charge is 0.464 e. The van der Waals surface area contributed by atoms with E-state index in [1.807, 2.05) is 0 Å². The predicted molar refractivity (Wildman–Crippen MR) is 43.4 cm³/mol. The first-order valence-corrected chi connectivity index (χ1v) is 3.66. The smallest absolute Gasteiger partial charge is 0.358 e. The molecule has 0 unspecified atom stereocenters. The summed E-state index contributed by atoms with van der Waals surface area (Å²) in [7, 11) is 1.23. The standard InChI is InChI=1S/C6H4Cl2N2O2/c1-12-6(11)4-3(7)5(8)10-2-9-4/h2H,1H3. The minimum atomic E-state index is -0.635. The van der Waals surface area contributed by atoms with Crippen molar-refractivity contribution in [2.75, 3.05) is 7.11 Å². The van der Waals surface area contributed by atoms with Crippen molar-refractivity contribution in [2.24, 2.45) is 0 Å². The van der Waals surface area contributed by atoms with E-state index in [0.29, 0.717) is 0 Å². The van der Waals surface area contributed by atoms with Crippen molar-refractivity contribution < 1.29 is 9.53 Å². The molecule has 0 spiro atoms. The lowest BCUT2D eigenvalue weighted by atomic mass is 10.4. The topological polar surface area (TPSA) is 52.1 Å². The summed E-state index contributed by atoms with van der Waals surface area (Å²) in [5.41, 5.74) is -0.0285. The van der Waals surface area contributed by atoms with Crippen molar-refractivity contribution in [3.63, 3.8) is 0 Å². The van der Waals surface area contributed by atoms with Crippen molar-refractivity contribution in [3.8, 4) is 0 Å². The molecule has 0 bridgehead atoms. The van der Waals surface area contributed by atoms with Crippen LogP contribution in [0.1, 0.15) is 10.5 Å². The summed E-state index contributed by atoms with van der Waals surface area (Å²) in [6.45, 7) is 0. The van der Waals surface area contributed by atoms with Crippen molar-refractivity contribution in [1.29, 1.82) is 0 Å². The Hall–Kier alpha value is -0.870. The van der Waals surface area contributed by atoms with Crippen molar-refractivity contribution in [2.45, 2.75) is 0 Å². The number of esters is 1. The molecule has 4 nitrogen and oxygen atoms in total. The first-order valence-electron chi connectivity index (χ1n) is 2.91. The highest BCUT2D eigenvalue weighted by Crippen LogP contribution is 2.21. The fourth-order valence-corrected chi connectivity index (χ4v) is 0.895. The molecule has 0 atom stereocenters. The summed E-state index contributed by atoms with van der Waals surface area (Å²) in [5, 5.41) is 0.0399. The summed E-state index contributed by atoms with van der Waals surface area (Å²) in [5.74, 6) is -0.635. The van der Waals surface area contributed by atoms with Gasteiger partial charge >= 0.3 is 5.97 Å². The third kappa shape index (κ3) is 1.65. The third-order valence-electron chi connectivity index (χ3n) is 1.13. The maximum atomic E-state index is 10.9. The molecule has 0 amide bonds. The molecule has 0 saturated carbocycles. The number of aromatic nitrogens is 2. The van der Waals surface area contributed by atoms with E-state index in [1.165, 1.54) is 7.11 Å². The number of ether oxygens (including phenoxy) is 1. The van der Waals surface area contributed by atoms with Crippen molar-refractivity contribution in [3.05, 3.63) is 22.2 Å². The van der Waals surface area contributed by atoms with Gasteiger partial charge in [0.2, 0.25) is 0 Å². The fraction of sp³-hybridized carbons (Fsp3) is 0.167. The number of hydrogen-bond acceptors (Lipinski definition) is 4. The molecular weight excluding hydrogens is 203 g/mol. The van der Waals surface area contributed by atoms with Crippen LogP contribution < -0.4 is 0 Å². The van der Waals surface area contributed by atoms with Crippen LogP contribution in [0.3, 0.4) is 0 Å². The van der Waals surface area contributed by atoms with Gasteiger partial charge in [-0.1, -0.05) is 23.2 Å². The number of nitrogens with zero attached hydrogens (tertiary/aromatic N) is 2. The van der Waals surface area contributed by atoms with E-state index >= 15 is 0 Å². The average Bonchev–Trinajstić information content (AvgIpc) is 2.08. The molecule has 0 radical (unpaired) electrons. The maximum Gasteiger partial charge on any atom is 0.358 e. The molecule has 0 aliphatic carbocycles. The summed E-state index contributed by atoms with van der Waals surface area (Å²) in [6, 6.07) is 0. The summed E-state index contributed by atoms with van der Waals surface area (Å²) >= 11 is 11.1. The Morgan fingerprint density at radius 2 is 2.17 bits per heavy atom. The third-order valence-corrected chi connectivity index (χ3v) is 1.87. The Bertz CT molecular complexity index is 316. The first-order chi connectivity index (χ1) is 5.66. The minimum Gasteiger partial charge on any atom is -0.464 e. The number of methoxy groups -OCH3 is 1. The number of rotatable bonds is 1. The number of carbonyl (C=O) groups is 1. The highest BCUT2D eigenvalue weighted by atomic mass is 35.5. The molecule has 1 aromatic heterocycles. The lowest BCUT2D eigenvalue weighted by Crippen LogP contribution is -2.05. The molecule has 6 heteroatoms. The molecule has 1 heterocycles. The maximum absolute atomic E-state index is 10.9. The van der Waals surface area contributed by atoms with E-state index in [4.69, 9.17) is 23.2 Å². The molecule has 0 saturated heterocycles. The van der Waals surface area contributed by atoms with E-state index in [0.717, 1.165) is 6.33 Å². The zero-order valence-electron chi connectivity index (χ0n) is 6.04. The van der Waals surface area contributed by atoms with E-state index < -0.39 is 5.97 Å². The molecule has 0 fully saturated rings. The molecule has 64 valence electrons. The second kappa shape index (κ2) is 3.69. The number of carbonyl (C=O) groups excluding carboxylic acids is 1. The zero-order chi connectivity index (χ0) is 9.14. The molecule has 0 aliphatic rings. The van der Waals surface area contributed by atoms with Crippen LogP contribution in [0.5, 0.6) is 0 Å². The molecule has 0 aliphatic heterocycles. The Balaban J connectivity index is 3.16. The molecule has 12 heavy (non-hydrogen) atoms. The van der Waals surface area contributed by atoms with E-state index in [9.17, 15) is 4.79 Å². The Kier molecular flexibility index (Phi) is 2.83. The van der Waals surface area contributed by atoms with Gasteiger partial charge in [0.25, 0.3) is 0 Å². The van der Waals surface area contributed by atoms with Gasteiger partial charge < -0.3 is 4.74 Å². The van der Waals surface area contributed by atoms with E-state index in [-0.39, 0.29) is 15.9 Å². The summed E-state index contributed by atoms with van der Waals surface area (Å²) in [4.78, 5) is 18.1. The second-order valence-electron chi connectivity index (χ2n) is 1.82. The summed E-state index contributed by atoms with van der Waals surface area (Å²) < 4.78 is 4.40. The number of halogens is 2. The predicted octanol–water partition coefficient (Wildman–Crippen LogP) is 1.57. The quantitative estimate of drug-likeness (QED) is 0.518. The van der Waals surface area contributed by atoms with Crippen LogP contribution in [0, 0.1) is 0 Å². The van der Waals surface area contributed by atoms with Gasteiger partial charge in [0.15, 0.2) is 10.8 Å². The first kappa shape index (κ1) is 9.22. The van der Waals surface area contributed by atoms with Gasteiger partial charge in [-0.15, -0.1) is 0 Å². The molecule has 1 rings (SSSR count). The van der Waals surface area contributed by atoms with Crippen LogP contribution in [0.15, 0.2) is 6.33 Å². The minimum absolute atomic E-state index is 0.00557. The monoisotopic (exact) mass is 206 g/mol. The number of hydrogen-bond donors (Lipinski definition) is 0. The second-order valence-corrected chi connectivity index (χ2v) is 2.55. The van der Waals surface area contributed by atoms with Crippen LogP contribution in [-0.4, -0.2) is 23.0 Å². The van der Waals surface area contributed by atoms with Crippen LogP contribution in [-0.2, 0) is 4.74 Å². The lowest BCUT2D eigenvalue weighted by molar-refractivity contribution is 0.0594. The van der Waals surface area contributed by atoms with Crippen LogP contribution in [0.4, 0.5) is 0 Å². The lowest BCUT2D eigenvalue weighted by Gasteiger charge is -2.00. The Morgan fingerprint density at radius 3 is 2.75 bits per heavy atom. The Labute approximate surface area is 78.5 Å². The Morgan fingerprint density at radius 1 is 1.50 bits per heavy atom. The highest BCUT2D eigenvalue weighted by Gasteiger charge is 2.14. The van der Waals surface area contributed by atoms with Gasteiger partial charge in [0.05, 0.1) is 7.11 Å². The zero-order valence-corrected chi connectivity index (χ0v) is 7.56. The van der Waals surface area contributed by atoms with Crippen molar-refractivity contribution >= 4 is 29.2 Å². The van der Waals surface area contributed by atoms with Gasteiger partial charge in [-0.05, 0) is 0 Å². The van der Waals surface area contributed by atoms with Gasteiger partial charge in [-0.3, -0.25) is 0 Å². The average molecular weight is 207 g/mol. The van der Waals surface area contributed by atoms with Gasteiger partial charge in [0, 0.05) is 0 Å². The van der Waals surface area contributed by atoms with Gasteiger partial charge in [-0.2, -0.15) is 0 Å². The molecule has 1 aromatic rings. The highest BCUT2D eigenvalue weighted by molar-refractivity contribution is 6.42. The van der Waals surface area contributed by atoms with Gasteiger partial charge in [-0.25, -0.2) is 14.8 Å². The van der Waals surface area contributed by atoms with Crippen molar-refractivity contribution in [1.82, 2.24) is 9.97 Å². The molecule has 0 N–H and O–H groups in total.